The predicted molar refractivity (Wildman–Crippen MR) is 64.8 cm³/mol. The maximum absolute atomic E-state index is 11.0. The summed E-state index contributed by atoms with van der Waals surface area (Å²) in [5.41, 5.74) is 0.129. The van der Waals surface area contributed by atoms with E-state index in [-0.39, 0.29) is 23.7 Å². The fourth-order valence-electron chi connectivity index (χ4n) is 3.10. The van der Waals surface area contributed by atoms with Crippen molar-refractivity contribution in [2.24, 2.45) is 0 Å². The molecule has 0 aliphatic carbocycles. The molecule has 2 fully saturated rings. The van der Waals surface area contributed by atoms with E-state index >= 15 is 0 Å². The number of hydrogen-bond donors (Lipinski definition) is 0. The first-order valence-corrected chi connectivity index (χ1v) is 6.56. The van der Waals surface area contributed by atoms with Crippen molar-refractivity contribution < 1.29 is 14.3 Å². The maximum Gasteiger partial charge on any atom is 0.302 e. The smallest absolute Gasteiger partial charge is 0.302 e. The lowest BCUT2D eigenvalue weighted by atomic mass is 9.94. The third-order valence-corrected chi connectivity index (χ3v) is 3.79. The Balaban J connectivity index is 1.96. The zero-order valence-corrected chi connectivity index (χ0v) is 11.1. The van der Waals surface area contributed by atoms with Crippen molar-refractivity contribution in [3.05, 3.63) is 0 Å². The van der Waals surface area contributed by atoms with Gasteiger partial charge < -0.3 is 9.47 Å². The monoisotopic (exact) mass is 241 g/mol. The van der Waals surface area contributed by atoms with Gasteiger partial charge in [0, 0.05) is 25.4 Å². The highest BCUT2D eigenvalue weighted by atomic mass is 16.5. The van der Waals surface area contributed by atoms with E-state index in [0.717, 1.165) is 32.5 Å². The first kappa shape index (κ1) is 12.8. The summed E-state index contributed by atoms with van der Waals surface area (Å²) in [4.78, 5) is 13.5. The summed E-state index contributed by atoms with van der Waals surface area (Å²) < 4.78 is 11.1. The molecule has 2 rings (SSSR count). The highest BCUT2D eigenvalue weighted by Gasteiger charge is 2.49. The Kier molecular flexibility index (Phi) is 3.73. The molecule has 0 aromatic carbocycles. The van der Waals surface area contributed by atoms with E-state index in [9.17, 15) is 4.79 Å². The molecule has 0 aromatic rings. The Morgan fingerprint density at radius 1 is 1.53 bits per heavy atom. The van der Waals surface area contributed by atoms with E-state index in [0.29, 0.717) is 0 Å². The van der Waals surface area contributed by atoms with Crippen LogP contribution in [0.25, 0.3) is 0 Å². The molecule has 2 heterocycles. The van der Waals surface area contributed by atoms with Crippen molar-refractivity contribution >= 4 is 5.97 Å². The lowest BCUT2D eigenvalue weighted by molar-refractivity contribution is -0.145. The van der Waals surface area contributed by atoms with Crippen LogP contribution in [0.2, 0.25) is 0 Å². The van der Waals surface area contributed by atoms with Gasteiger partial charge in [-0.3, -0.25) is 9.69 Å². The molecule has 2 aliphatic heterocycles. The van der Waals surface area contributed by atoms with Crippen LogP contribution in [0.5, 0.6) is 0 Å². The van der Waals surface area contributed by atoms with E-state index in [2.05, 4.69) is 18.7 Å². The molecule has 4 nitrogen and oxygen atoms in total. The lowest BCUT2D eigenvalue weighted by Crippen LogP contribution is -2.43. The molecule has 2 aliphatic rings. The third-order valence-electron chi connectivity index (χ3n) is 3.79. The molecule has 0 amide bonds. The van der Waals surface area contributed by atoms with Crippen molar-refractivity contribution in [2.75, 3.05) is 19.7 Å². The molecule has 0 unspecified atom stereocenters. The minimum Gasteiger partial charge on any atom is -0.461 e. The Hall–Kier alpha value is -0.610. The van der Waals surface area contributed by atoms with Crippen molar-refractivity contribution in [1.82, 2.24) is 4.90 Å². The van der Waals surface area contributed by atoms with Crippen LogP contribution in [0.1, 0.15) is 40.0 Å². The molecule has 0 radical (unpaired) electrons. The summed E-state index contributed by atoms with van der Waals surface area (Å²) >= 11 is 0. The summed E-state index contributed by atoms with van der Waals surface area (Å²) in [7, 11) is 0. The summed E-state index contributed by atoms with van der Waals surface area (Å²) in [5.74, 6) is -0.170. The van der Waals surface area contributed by atoms with Crippen molar-refractivity contribution in [3.8, 4) is 0 Å². The highest BCUT2D eigenvalue weighted by Crippen LogP contribution is 2.40. The van der Waals surface area contributed by atoms with Gasteiger partial charge in [0.2, 0.25) is 0 Å². The molecule has 0 bridgehead atoms. The molecular formula is C13H23NO3. The van der Waals surface area contributed by atoms with Gasteiger partial charge in [0.05, 0.1) is 12.7 Å². The first-order chi connectivity index (χ1) is 8.02. The fraction of sp³-hybridized carbons (Fsp3) is 0.923. The number of carbonyl (C=O) groups is 1. The number of ether oxygens (including phenoxy) is 2. The second-order valence-electron chi connectivity index (χ2n) is 5.57. The second kappa shape index (κ2) is 4.94. The first-order valence-electron chi connectivity index (χ1n) is 6.56. The quantitative estimate of drug-likeness (QED) is 0.701. The molecule has 4 heteroatoms. The highest BCUT2D eigenvalue weighted by molar-refractivity contribution is 5.66. The average molecular weight is 241 g/mol. The number of rotatable bonds is 4. The Morgan fingerprint density at radius 2 is 2.29 bits per heavy atom. The predicted octanol–water partition coefficient (Wildman–Crippen LogP) is 1.58. The number of fused-ring (bicyclic) bond motifs is 1. The number of carbonyl (C=O) groups excluding carboxylic acids is 1. The van der Waals surface area contributed by atoms with Crippen LogP contribution < -0.4 is 0 Å². The molecule has 0 aromatic heterocycles. The standard InChI is InChI=1S/C13H23NO3/c1-10(2)16-9-13-5-4-6-14(13)8-12(7-13)17-11(3)15/h10,12H,4-9H2,1-3H3/t12-,13+/m0/s1. The molecule has 2 saturated heterocycles. The van der Waals surface area contributed by atoms with Crippen LogP contribution in [0.15, 0.2) is 0 Å². The van der Waals surface area contributed by atoms with Crippen molar-refractivity contribution in [2.45, 2.75) is 57.8 Å². The van der Waals surface area contributed by atoms with Crippen molar-refractivity contribution in [3.63, 3.8) is 0 Å². The van der Waals surface area contributed by atoms with Gasteiger partial charge in [-0.15, -0.1) is 0 Å². The van der Waals surface area contributed by atoms with Gasteiger partial charge >= 0.3 is 5.97 Å². The molecule has 17 heavy (non-hydrogen) atoms. The van der Waals surface area contributed by atoms with Gasteiger partial charge in [0.15, 0.2) is 0 Å². The zero-order chi connectivity index (χ0) is 12.5. The maximum atomic E-state index is 11.0. The number of nitrogens with zero attached hydrogens (tertiary/aromatic N) is 1. The lowest BCUT2D eigenvalue weighted by Gasteiger charge is -2.32. The SMILES string of the molecule is CC(=O)O[C@@H]1CN2CCC[C@]2(COC(C)C)C1. The average Bonchev–Trinajstić information content (AvgIpc) is 2.70. The van der Waals surface area contributed by atoms with Gasteiger partial charge in [-0.25, -0.2) is 0 Å². The van der Waals surface area contributed by atoms with Crippen LogP contribution in [-0.4, -0.2) is 48.3 Å². The molecule has 98 valence electrons. The van der Waals surface area contributed by atoms with E-state index in [4.69, 9.17) is 9.47 Å². The summed E-state index contributed by atoms with van der Waals surface area (Å²) in [6, 6.07) is 0. The zero-order valence-electron chi connectivity index (χ0n) is 11.1. The summed E-state index contributed by atoms with van der Waals surface area (Å²) in [6.45, 7) is 8.37. The minimum atomic E-state index is -0.170. The van der Waals surface area contributed by atoms with Gasteiger partial charge in [0.1, 0.15) is 6.10 Å². The number of hydrogen-bond acceptors (Lipinski definition) is 4. The normalized spacial score (nSPS) is 33.1. The Labute approximate surface area is 103 Å². The van der Waals surface area contributed by atoms with Gasteiger partial charge in [-0.2, -0.15) is 0 Å². The number of esters is 1. The van der Waals surface area contributed by atoms with E-state index in [1.54, 1.807) is 0 Å². The molecule has 0 N–H and O–H groups in total. The van der Waals surface area contributed by atoms with Crippen LogP contribution in [-0.2, 0) is 14.3 Å². The molecule has 0 spiro atoms. The van der Waals surface area contributed by atoms with Gasteiger partial charge in [-0.05, 0) is 33.2 Å². The van der Waals surface area contributed by atoms with Crippen LogP contribution in [0, 0.1) is 0 Å². The molecule has 2 atom stereocenters. The second-order valence-corrected chi connectivity index (χ2v) is 5.57. The molecule has 0 saturated carbocycles. The minimum absolute atomic E-state index is 0.0589. The van der Waals surface area contributed by atoms with Crippen LogP contribution >= 0.6 is 0 Å². The van der Waals surface area contributed by atoms with Gasteiger partial charge in [0.25, 0.3) is 0 Å². The van der Waals surface area contributed by atoms with Crippen LogP contribution in [0.4, 0.5) is 0 Å². The topological polar surface area (TPSA) is 38.8 Å². The van der Waals surface area contributed by atoms with E-state index < -0.39 is 0 Å². The summed E-state index contributed by atoms with van der Waals surface area (Å²) in [6.07, 6.45) is 3.65. The Morgan fingerprint density at radius 3 is 2.94 bits per heavy atom. The third kappa shape index (κ3) is 2.80. The van der Waals surface area contributed by atoms with Crippen molar-refractivity contribution in [1.29, 1.82) is 0 Å². The van der Waals surface area contributed by atoms with E-state index in [1.807, 2.05) is 0 Å². The van der Waals surface area contributed by atoms with Gasteiger partial charge in [-0.1, -0.05) is 0 Å². The van der Waals surface area contributed by atoms with E-state index in [1.165, 1.54) is 13.3 Å². The Bertz CT molecular complexity index is 292. The largest absolute Gasteiger partial charge is 0.461 e. The van der Waals surface area contributed by atoms with Crippen LogP contribution in [0.3, 0.4) is 0 Å². The fourth-order valence-corrected chi connectivity index (χ4v) is 3.10. The molecular weight excluding hydrogens is 218 g/mol. The summed E-state index contributed by atoms with van der Waals surface area (Å²) in [5, 5.41) is 0.